The summed E-state index contributed by atoms with van der Waals surface area (Å²) < 4.78 is 23.4. The van der Waals surface area contributed by atoms with Gasteiger partial charge in [-0.1, -0.05) is 12.1 Å². The standard InChI is InChI=1S/C7H10N4O2S/c8-7(9)5-2-1-3-6(4-5)11-14(10,12)13/h1-4,11H,(H3,8,9)(H2,10,12,13). The van der Waals surface area contributed by atoms with Crippen molar-refractivity contribution in [2.75, 3.05) is 4.72 Å². The Morgan fingerprint density at radius 3 is 2.57 bits per heavy atom. The van der Waals surface area contributed by atoms with E-state index in [1.165, 1.54) is 12.1 Å². The van der Waals surface area contributed by atoms with Crippen LogP contribution in [0.15, 0.2) is 24.3 Å². The Morgan fingerprint density at radius 2 is 2.07 bits per heavy atom. The summed E-state index contributed by atoms with van der Waals surface area (Å²) in [6, 6.07) is 6.10. The van der Waals surface area contributed by atoms with Crippen LogP contribution in [0.2, 0.25) is 0 Å². The van der Waals surface area contributed by atoms with Gasteiger partial charge in [-0.05, 0) is 12.1 Å². The second-order valence-electron chi connectivity index (χ2n) is 2.64. The number of nitrogens with one attached hydrogen (secondary N) is 2. The fourth-order valence-corrected chi connectivity index (χ4v) is 1.37. The van der Waals surface area contributed by atoms with E-state index in [1.807, 2.05) is 0 Å². The first-order valence-electron chi connectivity index (χ1n) is 3.63. The zero-order valence-corrected chi connectivity index (χ0v) is 8.01. The lowest BCUT2D eigenvalue weighted by atomic mass is 10.2. The summed E-state index contributed by atoms with van der Waals surface area (Å²) in [6.45, 7) is 0. The Kier molecular flexibility index (Phi) is 2.73. The Balaban J connectivity index is 3.01. The van der Waals surface area contributed by atoms with Gasteiger partial charge in [-0.3, -0.25) is 10.1 Å². The molecule has 0 spiro atoms. The molecule has 0 aliphatic carbocycles. The quantitative estimate of drug-likeness (QED) is 0.404. The summed E-state index contributed by atoms with van der Waals surface area (Å²) in [6.07, 6.45) is 0. The van der Waals surface area contributed by atoms with Gasteiger partial charge in [0.15, 0.2) is 0 Å². The number of amidine groups is 1. The minimum Gasteiger partial charge on any atom is -0.384 e. The van der Waals surface area contributed by atoms with Gasteiger partial charge >= 0.3 is 0 Å². The lowest BCUT2D eigenvalue weighted by Gasteiger charge is -2.04. The fraction of sp³-hybridized carbons (Fsp3) is 0. The molecule has 0 fully saturated rings. The van der Waals surface area contributed by atoms with Gasteiger partial charge in [0.05, 0.1) is 5.69 Å². The molecule has 0 saturated carbocycles. The van der Waals surface area contributed by atoms with Gasteiger partial charge in [0.25, 0.3) is 10.2 Å². The van der Waals surface area contributed by atoms with Crippen molar-refractivity contribution in [3.63, 3.8) is 0 Å². The van der Waals surface area contributed by atoms with E-state index >= 15 is 0 Å². The zero-order valence-electron chi connectivity index (χ0n) is 7.19. The van der Waals surface area contributed by atoms with E-state index in [0.29, 0.717) is 5.56 Å². The molecule has 0 radical (unpaired) electrons. The van der Waals surface area contributed by atoms with Crippen LogP contribution in [0.3, 0.4) is 0 Å². The van der Waals surface area contributed by atoms with Crippen molar-refractivity contribution >= 4 is 21.7 Å². The van der Waals surface area contributed by atoms with Crippen LogP contribution in [-0.2, 0) is 10.2 Å². The minimum atomic E-state index is -3.78. The van der Waals surface area contributed by atoms with Crippen molar-refractivity contribution in [2.45, 2.75) is 0 Å². The van der Waals surface area contributed by atoms with Crippen molar-refractivity contribution in [1.82, 2.24) is 0 Å². The zero-order chi connectivity index (χ0) is 10.8. The molecule has 0 aliphatic rings. The third-order valence-corrected chi connectivity index (χ3v) is 1.95. The number of hydrogen-bond acceptors (Lipinski definition) is 3. The molecule has 6 nitrogen and oxygen atoms in total. The molecule has 7 heteroatoms. The first-order valence-corrected chi connectivity index (χ1v) is 5.18. The van der Waals surface area contributed by atoms with Crippen LogP contribution in [-0.4, -0.2) is 14.3 Å². The van der Waals surface area contributed by atoms with Crippen LogP contribution in [0.5, 0.6) is 0 Å². The average molecular weight is 214 g/mol. The topological polar surface area (TPSA) is 122 Å². The minimum absolute atomic E-state index is 0.136. The Morgan fingerprint density at radius 1 is 1.43 bits per heavy atom. The Labute approximate surface area is 81.6 Å². The Hall–Kier alpha value is -1.60. The number of nitrogens with two attached hydrogens (primary N) is 2. The maximum Gasteiger partial charge on any atom is 0.296 e. The highest BCUT2D eigenvalue weighted by atomic mass is 32.2. The lowest BCUT2D eigenvalue weighted by molar-refractivity contribution is 0.603. The van der Waals surface area contributed by atoms with E-state index in [0.717, 1.165) is 0 Å². The maximum atomic E-state index is 10.7. The Bertz CT molecular complexity index is 455. The highest BCUT2D eigenvalue weighted by Gasteiger charge is 2.03. The first kappa shape index (κ1) is 10.5. The SMILES string of the molecule is N=C(N)c1cccc(NS(N)(=O)=O)c1. The van der Waals surface area contributed by atoms with Crippen LogP contribution >= 0.6 is 0 Å². The first-order chi connectivity index (χ1) is 6.38. The highest BCUT2D eigenvalue weighted by Crippen LogP contribution is 2.10. The van der Waals surface area contributed by atoms with E-state index in [4.69, 9.17) is 16.3 Å². The van der Waals surface area contributed by atoms with Crippen LogP contribution in [0.4, 0.5) is 5.69 Å². The molecular weight excluding hydrogens is 204 g/mol. The van der Waals surface area contributed by atoms with E-state index in [9.17, 15) is 8.42 Å². The van der Waals surface area contributed by atoms with Crippen LogP contribution in [0.25, 0.3) is 0 Å². The molecule has 1 aromatic rings. The number of hydrogen-bond donors (Lipinski definition) is 4. The van der Waals surface area contributed by atoms with Gasteiger partial charge in [0, 0.05) is 5.56 Å². The normalized spacial score (nSPS) is 10.9. The van der Waals surface area contributed by atoms with Crippen LogP contribution < -0.4 is 15.6 Å². The van der Waals surface area contributed by atoms with Gasteiger partial charge in [0.2, 0.25) is 0 Å². The monoisotopic (exact) mass is 214 g/mol. The van der Waals surface area contributed by atoms with Gasteiger partial charge in [-0.25, -0.2) is 5.14 Å². The van der Waals surface area contributed by atoms with Gasteiger partial charge < -0.3 is 5.73 Å². The molecular formula is C7H10N4O2S. The lowest BCUT2D eigenvalue weighted by Crippen LogP contribution is -2.22. The van der Waals surface area contributed by atoms with Crippen molar-refractivity contribution < 1.29 is 8.42 Å². The van der Waals surface area contributed by atoms with Crippen molar-refractivity contribution in [1.29, 1.82) is 5.41 Å². The summed E-state index contributed by atoms with van der Waals surface area (Å²) >= 11 is 0. The summed E-state index contributed by atoms with van der Waals surface area (Å²) in [4.78, 5) is 0. The summed E-state index contributed by atoms with van der Waals surface area (Å²) in [5, 5.41) is 11.9. The van der Waals surface area contributed by atoms with Crippen molar-refractivity contribution in [2.24, 2.45) is 10.9 Å². The number of rotatable bonds is 3. The molecule has 0 unspecified atom stereocenters. The molecule has 14 heavy (non-hydrogen) atoms. The molecule has 0 bridgehead atoms. The fourth-order valence-electron chi connectivity index (χ4n) is 0.914. The number of nitrogen functional groups attached to an aromatic ring is 1. The number of anilines is 1. The largest absolute Gasteiger partial charge is 0.384 e. The predicted octanol–water partition coefficient (Wildman–Crippen LogP) is -0.414. The maximum absolute atomic E-state index is 10.7. The molecule has 0 amide bonds. The van der Waals surface area contributed by atoms with Gasteiger partial charge in [-0.15, -0.1) is 0 Å². The molecule has 6 N–H and O–H groups in total. The second-order valence-corrected chi connectivity index (χ2v) is 3.94. The van der Waals surface area contributed by atoms with E-state index in [-0.39, 0.29) is 11.5 Å². The van der Waals surface area contributed by atoms with Crippen LogP contribution in [0.1, 0.15) is 5.56 Å². The predicted molar refractivity (Wildman–Crippen MR) is 54.2 cm³/mol. The molecule has 0 aliphatic heterocycles. The summed E-state index contributed by atoms with van der Waals surface area (Å²) in [5.74, 6) is -0.136. The third kappa shape index (κ3) is 3.04. The summed E-state index contributed by atoms with van der Waals surface area (Å²) in [7, 11) is -3.78. The second kappa shape index (κ2) is 3.64. The van der Waals surface area contributed by atoms with Gasteiger partial charge in [0.1, 0.15) is 5.84 Å². The highest BCUT2D eigenvalue weighted by molar-refractivity contribution is 7.90. The number of benzene rings is 1. The van der Waals surface area contributed by atoms with Crippen LogP contribution in [0, 0.1) is 5.41 Å². The van der Waals surface area contributed by atoms with Crippen molar-refractivity contribution in [3.05, 3.63) is 29.8 Å². The third-order valence-electron chi connectivity index (χ3n) is 1.43. The van der Waals surface area contributed by atoms with E-state index in [1.54, 1.807) is 12.1 Å². The average Bonchev–Trinajstić information content (AvgIpc) is 2.01. The molecule has 0 heterocycles. The molecule has 0 saturated heterocycles. The summed E-state index contributed by atoms with van der Waals surface area (Å²) in [5.41, 5.74) is 5.93. The molecule has 1 aromatic carbocycles. The molecule has 0 atom stereocenters. The smallest absolute Gasteiger partial charge is 0.296 e. The van der Waals surface area contributed by atoms with E-state index < -0.39 is 10.2 Å². The van der Waals surface area contributed by atoms with E-state index in [2.05, 4.69) is 4.72 Å². The molecule has 0 aromatic heterocycles. The van der Waals surface area contributed by atoms with Crippen molar-refractivity contribution in [3.8, 4) is 0 Å². The molecule has 76 valence electrons. The van der Waals surface area contributed by atoms with Gasteiger partial charge in [-0.2, -0.15) is 8.42 Å². The molecule has 1 rings (SSSR count).